The first-order valence-electron chi connectivity index (χ1n) is 12.2. The molecule has 37 heavy (non-hydrogen) atoms. The molecule has 2 heterocycles. The monoisotopic (exact) mass is 517 g/mol. The standard InChI is InChI=1S/C26H30F3N5O3/c1-18-5-2-3-8-21(18)31-23(35)16-22-25(37)30-9-10-34(22)24(36)17-32-11-13-33(14-12-32)20-7-4-6-19(15-20)26(27,28)29/h2-8,15,22H,9-14,16-17H2,1H3,(H,30,37)(H,31,35)/t22-/m1/s1. The number of nitrogens with zero attached hydrogens (tertiary/aromatic N) is 3. The van der Waals surface area contributed by atoms with Crippen molar-refractivity contribution < 1.29 is 27.6 Å². The molecule has 2 aliphatic heterocycles. The van der Waals surface area contributed by atoms with E-state index in [4.69, 9.17) is 0 Å². The average Bonchev–Trinajstić information content (AvgIpc) is 2.86. The van der Waals surface area contributed by atoms with E-state index in [-0.39, 0.29) is 30.7 Å². The molecule has 0 bridgehead atoms. The van der Waals surface area contributed by atoms with Crippen LogP contribution in [-0.2, 0) is 20.6 Å². The molecule has 2 N–H and O–H groups in total. The van der Waals surface area contributed by atoms with Gasteiger partial charge in [0.25, 0.3) is 0 Å². The summed E-state index contributed by atoms with van der Waals surface area (Å²) < 4.78 is 39.2. The number of rotatable bonds is 6. The highest BCUT2D eigenvalue weighted by atomic mass is 19.4. The van der Waals surface area contributed by atoms with Gasteiger partial charge >= 0.3 is 6.18 Å². The van der Waals surface area contributed by atoms with Crippen molar-refractivity contribution in [3.8, 4) is 0 Å². The molecule has 0 radical (unpaired) electrons. The van der Waals surface area contributed by atoms with Crippen LogP contribution in [0.25, 0.3) is 0 Å². The third-order valence-electron chi connectivity index (χ3n) is 6.72. The Morgan fingerprint density at radius 2 is 1.76 bits per heavy atom. The van der Waals surface area contributed by atoms with Gasteiger partial charge in [-0.05, 0) is 36.8 Å². The zero-order valence-corrected chi connectivity index (χ0v) is 20.6. The van der Waals surface area contributed by atoms with Gasteiger partial charge in [0.05, 0.1) is 18.5 Å². The Kier molecular flexibility index (Phi) is 8.01. The topological polar surface area (TPSA) is 85.0 Å². The molecule has 4 rings (SSSR count). The summed E-state index contributed by atoms with van der Waals surface area (Å²) in [4.78, 5) is 43.6. The molecule has 2 aromatic carbocycles. The van der Waals surface area contributed by atoms with E-state index >= 15 is 0 Å². The predicted octanol–water partition coefficient (Wildman–Crippen LogP) is 2.49. The number of piperazine rings is 2. The smallest absolute Gasteiger partial charge is 0.369 e. The lowest BCUT2D eigenvalue weighted by molar-refractivity contribution is -0.145. The van der Waals surface area contributed by atoms with E-state index in [1.54, 1.807) is 18.2 Å². The van der Waals surface area contributed by atoms with Gasteiger partial charge in [0.1, 0.15) is 6.04 Å². The maximum Gasteiger partial charge on any atom is 0.416 e. The number of alkyl halides is 3. The van der Waals surface area contributed by atoms with Gasteiger partial charge in [0.2, 0.25) is 17.7 Å². The summed E-state index contributed by atoms with van der Waals surface area (Å²) in [7, 11) is 0. The Morgan fingerprint density at radius 1 is 1.03 bits per heavy atom. The number of carbonyl (C=O) groups excluding carboxylic acids is 3. The van der Waals surface area contributed by atoms with Crippen molar-refractivity contribution in [1.29, 1.82) is 0 Å². The summed E-state index contributed by atoms with van der Waals surface area (Å²) in [5, 5.41) is 5.54. The Hall–Kier alpha value is -3.60. The summed E-state index contributed by atoms with van der Waals surface area (Å²) in [6.45, 7) is 4.46. The van der Waals surface area contributed by atoms with Gasteiger partial charge in [0.15, 0.2) is 0 Å². The van der Waals surface area contributed by atoms with Gasteiger partial charge in [-0.25, -0.2) is 0 Å². The number of benzene rings is 2. The molecule has 1 atom stereocenters. The van der Waals surface area contributed by atoms with Crippen LogP contribution in [0.5, 0.6) is 0 Å². The minimum atomic E-state index is -4.40. The third-order valence-corrected chi connectivity index (χ3v) is 6.72. The van der Waals surface area contributed by atoms with Crippen LogP contribution in [0.1, 0.15) is 17.5 Å². The molecule has 0 aliphatic carbocycles. The SMILES string of the molecule is Cc1ccccc1NC(=O)C[C@@H]1C(=O)NCCN1C(=O)CN1CCN(c2cccc(C(F)(F)F)c2)CC1. The van der Waals surface area contributed by atoms with Gasteiger partial charge in [-0.3, -0.25) is 19.3 Å². The summed E-state index contributed by atoms with van der Waals surface area (Å²) in [6, 6.07) is 11.6. The van der Waals surface area contributed by atoms with E-state index in [2.05, 4.69) is 10.6 Å². The first-order chi connectivity index (χ1) is 17.6. The summed E-state index contributed by atoms with van der Waals surface area (Å²) in [5.41, 5.74) is 1.35. The number of halogens is 3. The second-order valence-corrected chi connectivity index (χ2v) is 9.27. The van der Waals surface area contributed by atoms with Gasteiger partial charge < -0.3 is 20.4 Å². The van der Waals surface area contributed by atoms with E-state index in [0.29, 0.717) is 50.6 Å². The Balaban J connectivity index is 1.33. The van der Waals surface area contributed by atoms with E-state index in [1.165, 1.54) is 11.0 Å². The fourth-order valence-corrected chi connectivity index (χ4v) is 4.63. The first kappa shape index (κ1) is 26.5. The molecule has 0 unspecified atom stereocenters. The fourth-order valence-electron chi connectivity index (χ4n) is 4.63. The molecule has 2 fully saturated rings. The fraction of sp³-hybridized carbons (Fsp3) is 0.423. The molecule has 0 spiro atoms. The van der Waals surface area contributed by atoms with Crippen molar-refractivity contribution in [2.45, 2.75) is 25.6 Å². The highest BCUT2D eigenvalue weighted by Crippen LogP contribution is 2.32. The predicted molar refractivity (Wildman–Crippen MR) is 133 cm³/mol. The molecule has 3 amide bonds. The van der Waals surface area contributed by atoms with Crippen LogP contribution in [0.3, 0.4) is 0 Å². The minimum Gasteiger partial charge on any atom is -0.369 e. The molecule has 2 aliphatic rings. The molecule has 2 saturated heterocycles. The Bertz CT molecular complexity index is 1150. The van der Waals surface area contributed by atoms with Crippen molar-refractivity contribution in [2.24, 2.45) is 0 Å². The second kappa shape index (κ2) is 11.2. The highest BCUT2D eigenvalue weighted by molar-refractivity contribution is 5.98. The zero-order chi connectivity index (χ0) is 26.6. The third kappa shape index (κ3) is 6.59. The van der Waals surface area contributed by atoms with Crippen molar-refractivity contribution in [3.05, 3.63) is 59.7 Å². The number of aryl methyl sites for hydroxylation is 1. The lowest BCUT2D eigenvalue weighted by Gasteiger charge is -2.39. The summed E-state index contributed by atoms with van der Waals surface area (Å²) >= 11 is 0. The van der Waals surface area contributed by atoms with E-state index < -0.39 is 17.8 Å². The minimum absolute atomic E-state index is 0.0691. The van der Waals surface area contributed by atoms with Crippen LogP contribution in [0, 0.1) is 6.92 Å². The number of hydrogen-bond acceptors (Lipinski definition) is 5. The first-order valence-corrected chi connectivity index (χ1v) is 12.2. The molecule has 2 aromatic rings. The number of para-hydroxylation sites is 1. The number of amides is 3. The molecule has 0 aromatic heterocycles. The molecule has 198 valence electrons. The normalized spacial score (nSPS) is 18.9. The van der Waals surface area contributed by atoms with Crippen LogP contribution in [0.15, 0.2) is 48.5 Å². The van der Waals surface area contributed by atoms with Crippen molar-refractivity contribution in [1.82, 2.24) is 15.1 Å². The molecule has 11 heteroatoms. The van der Waals surface area contributed by atoms with Crippen LogP contribution < -0.4 is 15.5 Å². The van der Waals surface area contributed by atoms with E-state index in [9.17, 15) is 27.6 Å². The number of anilines is 2. The zero-order valence-electron chi connectivity index (χ0n) is 20.6. The van der Waals surface area contributed by atoms with E-state index in [0.717, 1.165) is 17.7 Å². The van der Waals surface area contributed by atoms with Crippen LogP contribution in [0.4, 0.5) is 24.5 Å². The quantitative estimate of drug-likeness (QED) is 0.615. The van der Waals surface area contributed by atoms with Crippen molar-refractivity contribution >= 4 is 29.1 Å². The molecule has 0 saturated carbocycles. The van der Waals surface area contributed by atoms with Crippen LogP contribution >= 0.6 is 0 Å². The van der Waals surface area contributed by atoms with Gasteiger partial charge in [-0.15, -0.1) is 0 Å². The lowest BCUT2D eigenvalue weighted by atomic mass is 10.1. The number of nitrogens with one attached hydrogen (secondary N) is 2. The number of hydrogen-bond donors (Lipinski definition) is 2. The average molecular weight is 518 g/mol. The van der Waals surface area contributed by atoms with Gasteiger partial charge in [-0.1, -0.05) is 24.3 Å². The van der Waals surface area contributed by atoms with Crippen molar-refractivity contribution in [2.75, 3.05) is 56.0 Å². The maximum atomic E-state index is 13.2. The Morgan fingerprint density at radius 3 is 2.46 bits per heavy atom. The largest absolute Gasteiger partial charge is 0.416 e. The summed E-state index contributed by atoms with van der Waals surface area (Å²) in [5.74, 6) is -0.978. The highest BCUT2D eigenvalue weighted by Gasteiger charge is 2.36. The summed E-state index contributed by atoms with van der Waals surface area (Å²) in [6.07, 6.45) is -4.56. The molecule has 8 nitrogen and oxygen atoms in total. The maximum absolute atomic E-state index is 13.2. The Labute approximate surface area is 213 Å². The van der Waals surface area contributed by atoms with Crippen molar-refractivity contribution in [3.63, 3.8) is 0 Å². The van der Waals surface area contributed by atoms with Crippen LogP contribution in [-0.4, -0.2) is 79.4 Å². The lowest BCUT2D eigenvalue weighted by Crippen LogP contribution is -2.60. The van der Waals surface area contributed by atoms with Gasteiger partial charge in [-0.2, -0.15) is 13.2 Å². The van der Waals surface area contributed by atoms with Gasteiger partial charge in [0, 0.05) is 50.6 Å². The van der Waals surface area contributed by atoms with Crippen LogP contribution in [0.2, 0.25) is 0 Å². The second-order valence-electron chi connectivity index (χ2n) is 9.27. The van der Waals surface area contributed by atoms with E-state index in [1.807, 2.05) is 28.9 Å². The number of carbonyl (C=O) groups is 3. The molecular weight excluding hydrogens is 487 g/mol. The molecular formula is C26H30F3N5O3.